The predicted molar refractivity (Wildman–Crippen MR) is 77.5 cm³/mol. The molecule has 0 atom stereocenters. The fraction of sp³-hybridized carbons (Fsp3) is 0.643. The quantitative estimate of drug-likeness (QED) is 0.832. The molecule has 0 spiro atoms. The predicted octanol–water partition coefficient (Wildman–Crippen LogP) is 3.37. The molecule has 0 aliphatic carbocycles. The van der Waals surface area contributed by atoms with Gasteiger partial charge in [-0.25, -0.2) is 9.97 Å². The summed E-state index contributed by atoms with van der Waals surface area (Å²) in [6.07, 6.45) is 1.51. The molecule has 1 aromatic rings. The van der Waals surface area contributed by atoms with Gasteiger partial charge >= 0.3 is 0 Å². The number of hydrogen-bond donors (Lipinski definition) is 0. The van der Waals surface area contributed by atoms with Gasteiger partial charge in [-0.15, -0.1) is 0 Å². The minimum absolute atomic E-state index is 0.120. The summed E-state index contributed by atoms with van der Waals surface area (Å²) in [6, 6.07) is 0. The van der Waals surface area contributed by atoms with Gasteiger partial charge in [0.05, 0.1) is 11.2 Å². The molecule has 0 unspecified atom stereocenters. The van der Waals surface area contributed by atoms with Crippen LogP contribution in [0.15, 0.2) is 6.20 Å². The number of amides is 1. The largest absolute Gasteiger partial charge is 0.337 e. The van der Waals surface area contributed by atoms with Crippen molar-refractivity contribution < 1.29 is 4.79 Å². The van der Waals surface area contributed by atoms with Gasteiger partial charge in [-0.3, -0.25) is 4.79 Å². The van der Waals surface area contributed by atoms with Gasteiger partial charge in [0.25, 0.3) is 5.91 Å². The molecule has 4 nitrogen and oxygen atoms in total. The number of halogens is 1. The summed E-state index contributed by atoms with van der Waals surface area (Å²) in [5.74, 6) is 1.11. The number of aromatic nitrogens is 2. The van der Waals surface area contributed by atoms with Crippen LogP contribution in [0.25, 0.3) is 0 Å². The van der Waals surface area contributed by atoms with E-state index in [1.54, 1.807) is 4.90 Å². The molecule has 0 saturated carbocycles. The van der Waals surface area contributed by atoms with Gasteiger partial charge < -0.3 is 4.90 Å². The molecule has 0 fully saturated rings. The van der Waals surface area contributed by atoms with Crippen molar-refractivity contribution in [2.45, 2.75) is 40.5 Å². The Morgan fingerprint density at radius 2 is 2.00 bits per heavy atom. The molecule has 1 amide bonds. The molecule has 0 radical (unpaired) electrons. The Labute approximate surface area is 120 Å². The molecule has 0 bridgehead atoms. The molecule has 1 rings (SSSR count). The van der Waals surface area contributed by atoms with Crippen molar-refractivity contribution >= 4 is 17.5 Å². The Bertz CT molecular complexity index is 446. The molecule has 1 aromatic heterocycles. The standard InChI is InChI=1S/C14H22ClN3O/c1-6-18(8-9(2)3)14(19)12-11(15)7-16-13(17-12)10(4)5/h7,9-10H,6,8H2,1-5H3. The first kappa shape index (κ1) is 15.9. The maximum atomic E-state index is 12.5. The summed E-state index contributed by atoms with van der Waals surface area (Å²) in [5, 5.41) is 0.316. The molecular weight excluding hydrogens is 262 g/mol. The van der Waals surface area contributed by atoms with Gasteiger partial charge in [-0.1, -0.05) is 39.3 Å². The third kappa shape index (κ3) is 4.16. The summed E-state index contributed by atoms with van der Waals surface area (Å²) >= 11 is 6.06. The van der Waals surface area contributed by atoms with Crippen LogP contribution in [0.2, 0.25) is 5.02 Å². The van der Waals surface area contributed by atoms with E-state index in [-0.39, 0.29) is 11.8 Å². The summed E-state index contributed by atoms with van der Waals surface area (Å²) in [5.41, 5.74) is 0.308. The summed E-state index contributed by atoms with van der Waals surface area (Å²) in [4.78, 5) is 22.7. The van der Waals surface area contributed by atoms with E-state index >= 15 is 0 Å². The number of carbonyl (C=O) groups is 1. The van der Waals surface area contributed by atoms with E-state index in [1.807, 2.05) is 20.8 Å². The zero-order valence-corrected chi connectivity index (χ0v) is 13.0. The highest BCUT2D eigenvalue weighted by Gasteiger charge is 2.21. The second kappa shape index (κ2) is 6.85. The van der Waals surface area contributed by atoms with Crippen LogP contribution in [-0.4, -0.2) is 33.9 Å². The highest BCUT2D eigenvalue weighted by molar-refractivity contribution is 6.33. The molecule has 106 valence electrons. The van der Waals surface area contributed by atoms with Crippen molar-refractivity contribution in [2.75, 3.05) is 13.1 Å². The Balaban J connectivity index is 3.06. The van der Waals surface area contributed by atoms with Crippen molar-refractivity contribution in [1.82, 2.24) is 14.9 Å². The second-order valence-corrected chi connectivity index (χ2v) is 5.72. The lowest BCUT2D eigenvalue weighted by Gasteiger charge is -2.23. The van der Waals surface area contributed by atoms with Gasteiger partial charge in [-0.2, -0.15) is 0 Å². The minimum Gasteiger partial charge on any atom is -0.337 e. The van der Waals surface area contributed by atoms with Gasteiger partial charge in [-0.05, 0) is 12.8 Å². The molecule has 1 heterocycles. The minimum atomic E-state index is -0.120. The normalized spacial score (nSPS) is 11.2. The van der Waals surface area contributed by atoms with Gasteiger partial charge in [0.1, 0.15) is 5.82 Å². The zero-order valence-electron chi connectivity index (χ0n) is 12.3. The first-order valence-electron chi connectivity index (χ1n) is 6.68. The van der Waals surface area contributed by atoms with E-state index in [0.717, 1.165) is 0 Å². The average molecular weight is 284 g/mol. The summed E-state index contributed by atoms with van der Waals surface area (Å²) < 4.78 is 0. The first-order valence-corrected chi connectivity index (χ1v) is 7.06. The van der Waals surface area contributed by atoms with Crippen molar-refractivity contribution in [3.8, 4) is 0 Å². The average Bonchev–Trinajstić information content (AvgIpc) is 2.35. The van der Waals surface area contributed by atoms with E-state index in [1.165, 1.54) is 6.20 Å². The van der Waals surface area contributed by atoms with E-state index in [9.17, 15) is 4.79 Å². The Morgan fingerprint density at radius 3 is 2.47 bits per heavy atom. The Hall–Kier alpha value is -1.16. The maximum absolute atomic E-state index is 12.5. The third-order valence-corrected chi connectivity index (χ3v) is 3.01. The van der Waals surface area contributed by atoms with Crippen LogP contribution >= 0.6 is 11.6 Å². The molecule has 0 N–H and O–H groups in total. The number of rotatable bonds is 5. The van der Waals surface area contributed by atoms with Crippen LogP contribution in [0.1, 0.15) is 56.8 Å². The zero-order chi connectivity index (χ0) is 14.6. The fourth-order valence-electron chi connectivity index (χ4n) is 1.76. The van der Waals surface area contributed by atoms with Crippen LogP contribution < -0.4 is 0 Å². The van der Waals surface area contributed by atoms with E-state index in [4.69, 9.17) is 11.6 Å². The first-order chi connectivity index (χ1) is 8.86. The molecule has 0 aliphatic heterocycles. The number of carbonyl (C=O) groups excluding carboxylic acids is 1. The smallest absolute Gasteiger partial charge is 0.274 e. The topological polar surface area (TPSA) is 46.1 Å². The lowest BCUT2D eigenvalue weighted by atomic mass is 10.2. The Kier molecular flexibility index (Phi) is 5.73. The highest BCUT2D eigenvalue weighted by atomic mass is 35.5. The van der Waals surface area contributed by atoms with Crippen LogP contribution in [0, 0.1) is 5.92 Å². The number of hydrogen-bond acceptors (Lipinski definition) is 3. The third-order valence-electron chi connectivity index (χ3n) is 2.74. The van der Waals surface area contributed by atoms with E-state index in [0.29, 0.717) is 35.5 Å². The molecule has 0 aromatic carbocycles. The second-order valence-electron chi connectivity index (χ2n) is 5.32. The lowest BCUT2D eigenvalue weighted by Crippen LogP contribution is -2.35. The van der Waals surface area contributed by atoms with E-state index < -0.39 is 0 Å². The van der Waals surface area contributed by atoms with Crippen LogP contribution in [0.3, 0.4) is 0 Å². The van der Waals surface area contributed by atoms with Crippen LogP contribution in [-0.2, 0) is 0 Å². The monoisotopic (exact) mass is 283 g/mol. The Morgan fingerprint density at radius 1 is 1.37 bits per heavy atom. The van der Waals surface area contributed by atoms with E-state index in [2.05, 4.69) is 23.8 Å². The fourth-order valence-corrected chi connectivity index (χ4v) is 1.93. The van der Waals surface area contributed by atoms with Gasteiger partial charge in [0.2, 0.25) is 0 Å². The van der Waals surface area contributed by atoms with Crippen molar-refractivity contribution in [2.24, 2.45) is 5.92 Å². The van der Waals surface area contributed by atoms with Crippen LogP contribution in [0.5, 0.6) is 0 Å². The number of nitrogens with zero attached hydrogens (tertiary/aromatic N) is 3. The molecule has 0 aliphatic rings. The molecule has 5 heteroatoms. The molecule has 0 saturated heterocycles. The van der Waals surface area contributed by atoms with Gasteiger partial charge in [0.15, 0.2) is 5.69 Å². The van der Waals surface area contributed by atoms with Crippen LogP contribution in [0.4, 0.5) is 0 Å². The molecule has 19 heavy (non-hydrogen) atoms. The van der Waals surface area contributed by atoms with Crippen molar-refractivity contribution in [1.29, 1.82) is 0 Å². The molecular formula is C14H22ClN3O. The SMILES string of the molecule is CCN(CC(C)C)C(=O)c1nc(C(C)C)ncc1Cl. The summed E-state index contributed by atoms with van der Waals surface area (Å²) in [6.45, 7) is 11.4. The lowest BCUT2D eigenvalue weighted by molar-refractivity contribution is 0.0739. The highest BCUT2D eigenvalue weighted by Crippen LogP contribution is 2.18. The van der Waals surface area contributed by atoms with Crippen molar-refractivity contribution in [3.05, 3.63) is 22.7 Å². The maximum Gasteiger partial charge on any atom is 0.274 e. The van der Waals surface area contributed by atoms with Crippen molar-refractivity contribution in [3.63, 3.8) is 0 Å². The van der Waals surface area contributed by atoms with Gasteiger partial charge in [0, 0.05) is 19.0 Å². The summed E-state index contributed by atoms with van der Waals surface area (Å²) in [7, 11) is 0.